The standard InChI is InChI=1S/C21H35N5O2/c1-4-10-26-19-8-7-17(22-9-11-24(5-2)6-3)16-18(19)20(23-26)21(27)25-12-14-28-15-13-25/h4,17,22H,1,5-16H2,2-3H3/t17-/m1/s1. The highest BCUT2D eigenvalue weighted by Crippen LogP contribution is 2.26. The number of nitrogens with zero attached hydrogens (tertiary/aromatic N) is 4. The molecule has 7 nitrogen and oxygen atoms in total. The molecule has 2 aliphatic rings. The van der Waals surface area contributed by atoms with E-state index in [1.165, 1.54) is 5.69 Å². The van der Waals surface area contributed by atoms with E-state index in [0.717, 1.165) is 51.0 Å². The quantitative estimate of drug-likeness (QED) is 0.646. The number of ether oxygens (including phenoxy) is 1. The van der Waals surface area contributed by atoms with Crippen molar-refractivity contribution in [1.82, 2.24) is 24.9 Å². The first-order valence-electron chi connectivity index (χ1n) is 10.7. The van der Waals surface area contributed by atoms with Crippen molar-refractivity contribution in [2.24, 2.45) is 0 Å². The molecule has 1 aliphatic carbocycles. The van der Waals surface area contributed by atoms with Gasteiger partial charge in [-0.05, 0) is 32.4 Å². The molecule has 1 fully saturated rings. The van der Waals surface area contributed by atoms with Crippen LogP contribution >= 0.6 is 0 Å². The third-order valence-electron chi connectivity index (χ3n) is 5.90. The number of rotatable bonds is 9. The van der Waals surface area contributed by atoms with Gasteiger partial charge in [0.1, 0.15) is 0 Å². The number of hydrogen-bond acceptors (Lipinski definition) is 5. The van der Waals surface area contributed by atoms with Gasteiger partial charge in [-0.3, -0.25) is 9.48 Å². The first-order chi connectivity index (χ1) is 13.7. The van der Waals surface area contributed by atoms with E-state index in [-0.39, 0.29) is 5.91 Å². The fourth-order valence-corrected chi connectivity index (χ4v) is 4.19. The van der Waals surface area contributed by atoms with E-state index in [1.54, 1.807) is 0 Å². The van der Waals surface area contributed by atoms with Crippen LogP contribution < -0.4 is 5.32 Å². The number of carbonyl (C=O) groups excluding carboxylic acids is 1. The second kappa shape index (κ2) is 10.2. The van der Waals surface area contributed by atoms with Gasteiger partial charge in [0.2, 0.25) is 0 Å². The van der Waals surface area contributed by atoms with Crippen LogP contribution in [0.1, 0.15) is 42.0 Å². The minimum Gasteiger partial charge on any atom is -0.378 e. The fourth-order valence-electron chi connectivity index (χ4n) is 4.19. The van der Waals surface area contributed by atoms with Crippen LogP contribution in [-0.4, -0.2) is 84.0 Å². The molecule has 0 radical (unpaired) electrons. The summed E-state index contributed by atoms with van der Waals surface area (Å²) >= 11 is 0. The maximum atomic E-state index is 13.1. The van der Waals surface area contributed by atoms with Crippen LogP contribution in [0.25, 0.3) is 0 Å². The topological polar surface area (TPSA) is 62.6 Å². The molecule has 1 N–H and O–H groups in total. The Morgan fingerprint density at radius 3 is 2.79 bits per heavy atom. The summed E-state index contributed by atoms with van der Waals surface area (Å²) in [6.07, 6.45) is 4.76. The average molecular weight is 390 g/mol. The summed E-state index contributed by atoms with van der Waals surface area (Å²) in [4.78, 5) is 17.4. The number of morpholine rings is 1. The van der Waals surface area contributed by atoms with Gasteiger partial charge in [0.25, 0.3) is 5.91 Å². The molecule has 156 valence electrons. The number of fused-ring (bicyclic) bond motifs is 1. The molecule has 1 aromatic rings. The second-order valence-electron chi connectivity index (χ2n) is 7.57. The molecule has 7 heteroatoms. The minimum absolute atomic E-state index is 0.0474. The third kappa shape index (κ3) is 4.82. The van der Waals surface area contributed by atoms with Gasteiger partial charge in [0, 0.05) is 43.5 Å². The lowest BCUT2D eigenvalue weighted by atomic mass is 9.91. The minimum atomic E-state index is 0.0474. The zero-order chi connectivity index (χ0) is 19.9. The molecule has 2 heterocycles. The molecule has 0 bridgehead atoms. The molecule has 1 amide bonds. The van der Waals surface area contributed by atoms with Crippen molar-refractivity contribution in [3.05, 3.63) is 29.6 Å². The molecule has 1 atom stereocenters. The molecule has 0 aromatic carbocycles. The first-order valence-corrected chi connectivity index (χ1v) is 10.7. The van der Waals surface area contributed by atoms with Gasteiger partial charge in [-0.25, -0.2) is 0 Å². The Bertz CT molecular complexity index is 662. The highest BCUT2D eigenvalue weighted by Gasteiger charge is 2.31. The van der Waals surface area contributed by atoms with Crippen molar-refractivity contribution in [2.75, 3.05) is 52.5 Å². The summed E-state index contributed by atoms with van der Waals surface area (Å²) < 4.78 is 7.37. The Morgan fingerprint density at radius 1 is 1.36 bits per heavy atom. The Morgan fingerprint density at radius 2 is 2.11 bits per heavy atom. The van der Waals surface area contributed by atoms with Gasteiger partial charge in [0.15, 0.2) is 5.69 Å². The highest BCUT2D eigenvalue weighted by molar-refractivity contribution is 5.94. The molecule has 3 rings (SSSR count). The molecule has 1 aliphatic heterocycles. The van der Waals surface area contributed by atoms with Crippen molar-refractivity contribution in [1.29, 1.82) is 0 Å². The monoisotopic (exact) mass is 389 g/mol. The van der Waals surface area contributed by atoms with E-state index < -0.39 is 0 Å². The zero-order valence-electron chi connectivity index (χ0n) is 17.5. The molecule has 0 unspecified atom stereocenters. The van der Waals surface area contributed by atoms with Crippen LogP contribution in [0.4, 0.5) is 0 Å². The van der Waals surface area contributed by atoms with Crippen LogP contribution in [0.15, 0.2) is 12.7 Å². The van der Waals surface area contributed by atoms with E-state index >= 15 is 0 Å². The summed E-state index contributed by atoms with van der Waals surface area (Å²) in [6.45, 7) is 15.6. The van der Waals surface area contributed by atoms with Crippen molar-refractivity contribution in [3.8, 4) is 0 Å². The Balaban J connectivity index is 1.71. The van der Waals surface area contributed by atoms with Crippen LogP contribution in [0, 0.1) is 0 Å². The van der Waals surface area contributed by atoms with E-state index in [4.69, 9.17) is 9.84 Å². The maximum Gasteiger partial charge on any atom is 0.274 e. The van der Waals surface area contributed by atoms with Gasteiger partial charge < -0.3 is 19.9 Å². The Kier molecular flexibility index (Phi) is 7.65. The van der Waals surface area contributed by atoms with Crippen LogP contribution in [0.2, 0.25) is 0 Å². The molecule has 1 saturated heterocycles. The number of nitrogens with one attached hydrogen (secondary N) is 1. The largest absolute Gasteiger partial charge is 0.378 e. The number of amides is 1. The van der Waals surface area contributed by atoms with Gasteiger partial charge >= 0.3 is 0 Å². The van der Waals surface area contributed by atoms with Gasteiger partial charge in [0.05, 0.1) is 19.8 Å². The third-order valence-corrected chi connectivity index (χ3v) is 5.90. The number of aromatic nitrogens is 2. The van der Waals surface area contributed by atoms with E-state index in [9.17, 15) is 4.79 Å². The maximum absolute atomic E-state index is 13.1. The van der Waals surface area contributed by atoms with Crippen LogP contribution in [0.3, 0.4) is 0 Å². The number of carbonyl (C=O) groups is 1. The van der Waals surface area contributed by atoms with E-state index in [1.807, 2.05) is 15.7 Å². The summed E-state index contributed by atoms with van der Waals surface area (Å²) in [7, 11) is 0. The average Bonchev–Trinajstić information content (AvgIpc) is 3.09. The van der Waals surface area contributed by atoms with Crippen molar-refractivity contribution in [2.45, 2.75) is 45.7 Å². The Labute approximate surface area is 168 Å². The smallest absolute Gasteiger partial charge is 0.274 e. The normalized spacial score (nSPS) is 19.7. The summed E-state index contributed by atoms with van der Waals surface area (Å²) in [5, 5.41) is 8.41. The Hall–Kier alpha value is -1.70. The lowest BCUT2D eigenvalue weighted by molar-refractivity contribution is 0.0297. The molecule has 0 saturated carbocycles. The van der Waals surface area contributed by atoms with E-state index in [0.29, 0.717) is 44.6 Å². The lowest BCUT2D eigenvalue weighted by Gasteiger charge is -2.28. The summed E-state index contributed by atoms with van der Waals surface area (Å²) in [5.74, 6) is 0.0474. The fraction of sp³-hybridized carbons (Fsp3) is 0.714. The molecular weight excluding hydrogens is 354 g/mol. The molecular formula is C21H35N5O2. The number of hydrogen-bond donors (Lipinski definition) is 1. The van der Waals surface area contributed by atoms with Crippen LogP contribution in [-0.2, 0) is 24.1 Å². The van der Waals surface area contributed by atoms with Gasteiger partial charge in [-0.1, -0.05) is 19.9 Å². The van der Waals surface area contributed by atoms with E-state index in [2.05, 4.69) is 30.6 Å². The second-order valence-corrected chi connectivity index (χ2v) is 7.57. The van der Waals surface area contributed by atoms with Crippen molar-refractivity contribution >= 4 is 5.91 Å². The lowest BCUT2D eigenvalue weighted by Crippen LogP contribution is -2.42. The van der Waals surface area contributed by atoms with Crippen molar-refractivity contribution < 1.29 is 9.53 Å². The zero-order valence-corrected chi connectivity index (χ0v) is 17.5. The van der Waals surface area contributed by atoms with Gasteiger partial charge in [-0.2, -0.15) is 5.10 Å². The van der Waals surface area contributed by atoms with Crippen LogP contribution in [0.5, 0.6) is 0 Å². The highest BCUT2D eigenvalue weighted by atomic mass is 16.5. The predicted octanol–water partition coefficient (Wildman–Crippen LogP) is 1.33. The molecule has 28 heavy (non-hydrogen) atoms. The molecule has 0 spiro atoms. The molecule has 1 aromatic heterocycles. The first kappa shape index (κ1) is 21.0. The predicted molar refractivity (Wildman–Crippen MR) is 111 cm³/mol. The summed E-state index contributed by atoms with van der Waals surface area (Å²) in [6, 6.07) is 0.403. The number of allylic oxidation sites excluding steroid dienone is 1. The SMILES string of the molecule is C=CCn1nc(C(=O)N2CCOCC2)c2c1CC[C@@H](NCCN(CC)CC)C2. The number of likely N-dealkylation sites (N-methyl/N-ethyl adjacent to an activating group) is 1. The van der Waals surface area contributed by atoms with Crippen molar-refractivity contribution in [3.63, 3.8) is 0 Å². The van der Waals surface area contributed by atoms with Gasteiger partial charge in [-0.15, -0.1) is 6.58 Å². The summed E-state index contributed by atoms with van der Waals surface area (Å²) in [5.41, 5.74) is 2.97.